The molecule has 1 fully saturated rings. The number of methoxy groups -OCH3 is 1. The van der Waals surface area contributed by atoms with Crippen LogP contribution in [0.3, 0.4) is 0 Å². The van der Waals surface area contributed by atoms with Gasteiger partial charge in [0.2, 0.25) is 5.91 Å². The Bertz CT molecular complexity index is 505. The molecule has 0 radical (unpaired) electrons. The number of nitrogens with one attached hydrogen (secondary N) is 2. The fourth-order valence-electron chi connectivity index (χ4n) is 3.23. The predicted molar refractivity (Wildman–Crippen MR) is 93.9 cm³/mol. The van der Waals surface area contributed by atoms with E-state index in [4.69, 9.17) is 4.74 Å². The number of H-pyrrole nitrogens is 1. The fourth-order valence-corrected chi connectivity index (χ4v) is 3.23. The second kappa shape index (κ2) is 9.76. The lowest BCUT2D eigenvalue weighted by molar-refractivity contribution is -0.134. The standard InChI is InChI=1S/C17H31N5O2/c1-18-7-9-21(2)12-15-11-19-20-17(15)14-5-6-16(23)22(13-14)8-4-10-24-3/h11,14,18H,4-10,12-13H2,1-3H3,(H,19,20). The van der Waals surface area contributed by atoms with Gasteiger partial charge < -0.3 is 19.9 Å². The van der Waals surface area contributed by atoms with E-state index < -0.39 is 0 Å². The summed E-state index contributed by atoms with van der Waals surface area (Å²) in [4.78, 5) is 16.4. The molecule has 1 amide bonds. The lowest BCUT2D eigenvalue weighted by Gasteiger charge is -2.32. The molecule has 0 spiro atoms. The van der Waals surface area contributed by atoms with Crippen LogP contribution < -0.4 is 5.32 Å². The number of nitrogens with zero attached hydrogens (tertiary/aromatic N) is 3. The summed E-state index contributed by atoms with van der Waals surface area (Å²) in [5, 5.41) is 10.7. The molecule has 2 N–H and O–H groups in total. The summed E-state index contributed by atoms with van der Waals surface area (Å²) in [6.07, 6.45) is 4.38. The minimum absolute atomic E-state index is 0.255. The van der Waals surface area contributed by atoms with Crippen LogP contribution >= 0.6 is 0 Å². The summed E-state index contributed by atoms with van der Waals surface area (Å²) < 4.78 is 5.10. The number of aromatic nitrogens is 2. The molecule has 1 aromatic rings. The number of rotatable bonds is 10. The molecule has 0 aliphatic carbocycles. The monoisotopic (exact) mass is 337 g/mol. The van der Waals surface area contributed by atoms with E-state index in [1.165, 1.54) is 5.56 Å². The van der Waals surface area contributed by atoms with Gasteiger partial charge in [-0.15, -0.1) is 0 Å². The molecular weight excluding hydrogens is 306 g/mol. The SMILES string of the molecule is CNCCN(C)Cc1c[nH]nc1C1CCC(=O)N(CCCOC)C1. The number of carbonyl (C=O) groups is 1. The van der Waals surface area contributed by atoms with Crippen LogP contribution in [0.5, 0.6) is 0 Å². The smallest absolute Gasteiger partial charge is 0.222 e. The first-order valence-electron chi connectivity index (χ1n) is 8.78. The summed E-state index contributed by atoms with van der Waals surface area (Å²) in [7, 11) is 5.78. The molecule has 1 unspecified atom stereocenters. The molecule has 0 bridgehead atoms. The van der Waals surface area contributed by atoms with E-state index >= 15 is 0 Å². The Morgan fingerprint density at radius 1 is 1.54 bits per heavy atom. The third-order valence-electron chi connectivity index (χ3n) is 4.60. The van der Waals surface area contributed by atoms with E-state index in [1.807, 2.05) is 18.1 Å². The number of aromatic amines is 1. The molecule has 7 heteroatoms. The molecule has 2 rings (SSSR count). The van der Waals surface area contributed by atoms with Gasteiger partial charge in [0, 0.05) is 70.5 Å². The maximum absolute atomic E-state index is 12.1. The van der Waals surface area contributed by atoms with Crippen LogP contribution in [0, 0.1) is 0 Å². The molecule has 24 heavy (non-hydrogen) atoms. The van der Waals surface area contributed by atoms with Crippen LogP contribution in [-0.4, -0.2) is 79.9 Å². The third-order valence-corrected chi connectivity index (χ3v) is 4.60. The van der Waals surface area contributed by atoms with Crippen molar-refractivity contribution in [2.24, 2.45) is 0 Å². The lowest BCUT2D eigenvalue weighted by atomic mass is 9.92. The van der Waals surface area contributed by atoms with Crippen LogP contribution in [0.15, 0.2) is 6.20 Å². The van der Waals surface area contributed by atoms with E-state index in [0.717, 1.165) is 51.3 Å². The quantitative estimate of drug-likeness (QED) is 0.618. The number of hydrogen-bond donors (Lipinski definition) is 2. The Labute approximate surface area is 144 Å². The second-order valence-electron chi connectivity index (χ2n) is 6.56. The average Bonchev–Trinajstić information content (AvgIpc) is 3.03. The summed E-state index contributed by atoms with van der Waals surface area (Å²) in [6, 6.07) is 0. The topological polar surface area (TPSA) is 73.5 Å². The molecule has 1 aliphatic heterocycles. The van der Waals surface area contributed by atoms with Crippen molar-refractivity contribution in [3.8, 4) is 0 Å². The highest BCUT2D eigenvalue weighted by molar-refractivity contribution is 5.77. The molecule has 1 aliphatic rings. The van der Waals surface area contributed by atoms with Gasteiger partial charge in [-0.2, -0.15) is 5.10 Å². The van der Waals surface area contributed by atoms with E-state index in [1.54, 1.807) is 7.11 Å². The lowest BCUT2D eigenvalue weighted by Crippen LogP contribution is -2.40. The zero-order valence-electron chi connectivity index (χ0n) is 15.2. The van der Waals surface area contributed by atoms with Gasteiger partial charge in [0.1, 0.15) is 0 Å². The number of ether oxygens (including phenoxy) is 1. The molecule has 1 aromatic heterocycles. The third kappa shape index (κ3) is 5.29. The molecule has 1 atom stereocenters. The highest BCUT2D eigenvalue weighted by atomic mass is 16.5. The summed E-state index contributed by atoms with van der Waals surface area (Å²) >= 11 is 0. The predicted octanol–water partition coefficient (Wildman–Crippen LogP) is 0.803. The van der Waals surface area contributed by atoms with Gasteiger partial charge in [-0.3, -0.25) is 9.89 Å². The molecule has 1 saturated heterocycles. The van der Waals surface area contributed by atoms with Crippen LogP contribution in [0.4, 0.5) is 0 Å². The first kappa shape index (κ1) is 18.9. The van der Waals surface area contributed by atoms with Crippen molar-refractivity contribution in [3.63, 3.8) is 0 Å². The minimum atomic E-state index is 0.255. The van der Waals surface area contributed by atoms with Crippen LogP contribution in [0.1, 0.15) is 36.4 Å². The van der Waals surface area contributed by atoms with Gasteiger partial charge in [-0.25, -0.2) is 0 Å². The van der Waals surface area contributed by atoms with Crippen molar-refractivity contribution in [3.05, 3.63) is 17.5 Å². The normalized spacial score (nSPS) is 18.6. The first-order chi connectivity index (χ1) is 11.7. The maximum Gasteiger partial charge on any atom is 0.222 e. The van der Waals surface area contributed by atoms with Gasteiger partial charge in [0.05, 0.1) is 5.69 Å². The highest BCUT2D eigenvalue weighted by Gasteiger charge is 2.29. The fraction of sp³-hybridized carbons (Fsp3) is 0.765. The molecular formula is C17H31N5O2. The summed E-state index contributed by atoms with van der Waals surface area (Å²) in [5.74, 6) is 0.578. The van der Waals surface area contributed by atoms with Crippen LogP contribution in [0.2, 0.25) is 0 Å². The maximum atomic E-state index is 12.1. The Balaban J connectivity index is 1.95. The average molecular weight is 337 g/mol. The van der Waals surface area contributed by atoms with Crippen molar-refractivity contribution in [2.45, 2.75) is 31.7 Å². The van der Waals surface area contributed by atoms with Crippen molar-refractivity contribution in [2.75, 3.05) is 54.0 Å². The Hall–Kier alpha value is -1.44. The van der Waals surface area contributed by atoms with E-state index in [2.05, 4.69) is 27.5 Å². The van der Waals surface area contributed by atoms with Crippen molar-refractivity contribution in [1.82, 2.24) is 25.3 Å². The largest absolute Gasteiger partial charge is 0.385 e. The number of likely N-dealkylation sites (N-methyl/N-ethyl adjacent to an activating group) is 2. The van der Waals surface area contributed by atoms with E-state index in [9.17, 15) is 4.79 Å². The zero-order chi connectivity index (χ0) is 17.4. The summed E-state index contributed by atoms with van der Waals surface area (Å²) in [6.45, 7) is 5.06. The Kier molecular flexibility index (Phi) is 7.68. The Morgan fingerprint density at radius 2 is 2.38 bits per heavy atom. The number of hydrogen-bond acceptors (Lipinski definition) is 5. The van der Waals surface area contributed by atoms with Crippen molar-refractivity contribution >= 4 is 5.91 Å². The number of piperidine rings is 1. The van der Waals surface area contributed by atoms with Gasteiger partial charge >= 0.3 is 0 Å². The van der Waals surface area contributed by atoms with Gasteiger partial charge in [0.25, 0.3) is 0 Å². The zero-order valence-corrected chi connectivity index (χ0v) is 15.2. The van der Waals surface area contributed by atoms with Gasteiger partial charge in [-0.1, -0.05) is 0 Å². The highest BCUT2D eigenvalue weighted by Crippen LogP contribution is 2.29. The van der Waals surface area contributed by atoms with Gasteiger partial charge in [-0.05, 0) is 26.9 Å². The molecule has 136 valence electrons. The first-order valence-corrected chi connectivity index (χ1v) is 8.78. The summed E-state index contributed by atoms with van der Waals surface area (Å²) in [5.41, 5.74) is 2.36. The van der Waals surface area contributed by atoms with Crippen molar-refractivity contribution in [1.29, 1.82) is 0 Å². The number of amides is 1. The minimum Gasteiger partial charge on any atom is -0.385 e. The van der Waals surface area contributed by atoms with Crippen LogP contribution in [-0.2, 0) is 16.1 Å². The Morgan fingerprint density at radius 3 is 3.12 bits per heavy atom. The molecule has 0 aromatic carbocycles. The molecule has 7 nitrogen and oxygen atoms in total. The van der Waals surface area contributed by atoms with E-state index in [-0.39, 0.29) is 5.91 Å². The van der Waals surface area contributed by atoms with E-state index in [0.29, 0.717) is 18.9 Å². The molecule has 2 heterocycles. The molecule has 0 saturated carbocycles. The second-order valence-corrected chi connectivity index (χ2v) is 6.56. The number of carbonyl (C=O) groups excluding carboxylic acids is 1. The van der Waals surface area contributed by atoms with Crippen LogP contribution in [0.25, 0.3) is 0 Å². The number of likely N-dealkylation sites (tertiary alicyclic amines) is 1. The van der Waals surface area contributed by atoms with Crippen molar-refractivity contribution < 1.29 is 9.53 Å². The van der Waals surface area contributed by atoms with Gasteiger partial charge in [0.15, 0.2) is 0 Å².